The predicted octanol–water partition coefficient (Wildman–Crippen LogP) is 4.68. The summed E-state index contributed by atoms with van der Waals surface area (Å²) in [7, 11) is 0. The SMILES string of the molecule is Cc1cc(C)cc(N2C(=O)/C(=C/c3cc(C)n(-c4ccc(F)cc4)c3C)C(=O)NC2=S)c1. The van der Waals surface area contributed by atoms with Crippen molar-refractivity contribution in [2.24, 2.45) is 0 Å². The van der Waals surface area contributed by atoms with Gasteiger partial charge in [-0.3, -0.25) is 19.8 Å². The molecular weight excluding hydrogens is 425 g/mol. The molecule has 1 aliphatic rings. The molecule has 1 fully saturated rings. The molecule has 1 saturated heterocycles. The number of hydrogen-bond acceptors (Lipinski definition) is 3. The van der Waals surface area contributed by atoms with Gasteiger partial charge in [0.25, 0.3) is 11.8 Å². The Hall–Kier alpha value is -3.58. The Balaban J connectivity index is 1.77. The molecule has 0 spiro atoms. The smallest absolute Gasteiger partial charge is 0.270 e. The van der Waals surface area contributed by atoms with Crippen molar-refractivity contribution in [1.29, 1.82) is 0 Å². The molecule has 7 heteroatoms. The number of nitrogens with one attached hydrogen (secondary N) is 1. The van der Waals surface area contributed by atoms with Crippen molar-refractivity contribution in [2.45, 2.75) is 27.7 Å². The minimum Gasteiger partial charge on any atom is -0.318 e. The Kier molecular flexibility index (Phi) is 5.52. The van der Waals surface area contributed by atoms with Crippen LogP contribution >= 0.6 is 12.2 Å². The van der Waals surface area contributed by atoms with Crippen LogP contribution in [0.25, 0.3) is 11.8 Å². The molecule has 0 atom stereocenters. The lowest BCUT2D eigenvalue weighted by molar-refractivity contribution is -0.122. The van der Waals surface area contributed by atoms with E-state index < -0.39 is 11.8 Å². The molecule has 0 radical (unpaired) electrons. The summed E-state index contributed by atoms with van der Waals surface area (Å²) in [6.45, 7) is 7.68. The normalized spacial score (nSPS) is 15.5. The van der Waals surface area contributed by atoms with Crippen molar-refractivity contribution < 1.29 is 14.0 Å². The number of carbonyl (C=O) groups excluding carboxylic acids is 2. The van der Waals surface area contributed by atoms with Crippen LogP contribution in [0.1, 0.15) is 28.1 Å². The summed E-state index contributed by atoms with van der Waals surface area (Å²) in [6, 6.07) is 13.8. The summed E-state index contributed by atoms with van der Waals surface area (Å²) in [5.74, 6) is -1.33. The number of aryl methyl sites for hydroxylation is 3. The summed E-state index contributed by atoms with van der Waals surface area (Å²) < 4.78 is 15.3. The second kappa shape index (κ2) is 8.16. The number of anilines is 1. The molecule has 1 aromatic heterocycles. The largest absolute Gasteiger partial charge is 0.318 e. The van der Waals surface area contributed by atoms with Crippen LogP contribution in [0.5, 0.6) is 0 Å². The van der Waals surface area contributed by atoms with Gasteiger partial charge >= 0.3 is 0 Å². The van der Waals surface area contributed by atoms with Crippen LogP contribution in [0, 0.1) is 33.5 Å². The number of thiocarbonyl (C=S) groups is 1. The van der Waals surface area contributed by atoms with Gasteiger partial charge in [-0.25, -0.2) is 4.39 Å². The average molecular weight is 448 g/mol. The van der Waals surface area contributed by atoms with Crippen molar-refractivity contribution in [2.75, 3.05) is 4.90 Å². The van der Waals surface area contributed by atoms with Gasteiger partial charge in [-0.1, -0.05) is 6.07 Å². The van der Waals surface area contributed by atoms with Gasteiger partial charge in [0.1, 0.15) is 11.4 Å². The van der Waals surface area contributed by atoms with Gasteiger partial charge in [-0.2, -0.15) is 0 Å². The lowest BCUT2D eigenvalue weighted by Crippen LogP contribution is -2.54. The molecule has 1 N–H and O–H groups in total. The number of nitrogens with zero attached hydrogens (tertiary/aromatic N) is 2. The number of benzene rings is 2. The van der Waals surface area contributed by atoms with Crippen LogP contribution in [-0.2, 0) is 9.59 Å². The molecule has 0 unspecified atom stereocenters. The maximum absolute atomic E-state index is 13.3. The monoisotopic (exact) mass is 447 g/mol. The standard InChI is InChI=1S/C25H22FN3O2S/c1-14-9-15(2)11-21(10-14)29-24(31)22(23(30)27-25(29)32)13-18-12-16(3)28(17(18)4)20-7-5-19(26)6-8-20/h5-13H,1-4H3,(H,27,30,32)/b22-13+. The zero-order valence-electron chi connectivity index (χ0n) is 18.2. The van der Waals surface area contributed by atoms with E-state index in [4.69, 9.17) is 12.2 Å². The van der Waals surface area contributed by atoms with E-state index in [0.29, 0.717) is 5.69 Å². The molecule has 2 amide bonds. The Morgan fingerprint density at radius 1 is 0.906 bits per heavy atom. The number of carbonyl (C=O) groups is 2. The van der Waals surface area contributed by atoms with E-state index in [0.717, 1.165) is 33.8 Å². The highest BCUT2D eigenvalue weighted by atomic mass is 32.1. The van der Waals surface area contributed by atoms with Crippen molar-refractivity contribution in [1.82, 2.24) is 9.88 Å². The predicted molar refractivity (Wildman–Crippen MR) is 127 cm³/mol. The van der Waals surface area contributed by atoms with E-state index in [9.17, 15) is 14.0 Å². The van der Waals surface area contributed by atoms with Crippen LogP contribution in [0.2, 0.25) is 0 Å². The van der Waals surface area contributed by atoms with Crippen molar-refractivity contribution in [3.8, 4) is 5.69 Å². The Bertz CT molecular complexity index is 1290. The topological polar surface area (TPSA) is 54.3 Å². The fourth-order valence-corrected chi connectivity index (χ4v) is 4.33. The third-order valence-corrected chi connectivity index (χ3v) is 5.71. The van der Waals surface area contributed by atoms with Gasteiger partial charge < -0.3 is 4.57 Å². The van der Waals surface area contributed by atoms with E-state index in [1.807, 2.05) is 56.5 Å². The molecule has 1 aliphatic heterocycles. The van der Waals surface area contributed by atoms with Crippen molar-refractivity contribution >= 4 is 40.9 Å². The number of hydrogen-bond donors (Lipinski definition) is 1. The molecule has 3 aromatic rings. The first-order valence-corrected chi connectivity index (χ1v) is 10.5. The van der Waals surface area contributed by atoms with Gasteiger partial charge in [-0.05, 0) is 105 Å². The number of rotatable bonds is 3. The average Bonchev–Trinajstić information content (AvgIpc) is 2.98. The molecule has 0 saturated carbocycles. The summed E-state index contributed by atoms with van der Waals surface area (Å²) >= 11 is 5.30. The Morgan fingerprint density at radius 2 is 1.53 bits per heavy atom. The van der Waals surface area contributed by atoms with Gasteiger partial charge in [-0.15, -0.1) is 0 Å². The summed E-state index contributed by atoms with van der Waals surface area (Å²) in [6.07, 6.45) is 1.58. The second-order valence-corrected chi connectivity index (χ2v) is 8.33. The highest BCUT2D eigenvalue weighted by molar-refractivity contribution is 7.80. The maximum atomic E-state index is 13.3. The minimum absolute atomic E-state index is 0.00267. The third-order valence-electron chi connectivity index (χ3n) is 5.42. The van der Waals surface area contributed by atoms with Crippen molar-refractivity contribution in [3.05, 3.63) is 88.0 Å². The van der Waals surface area contributed by atoms with E-state index >= 15 is 0 Å². The van der Waals surface area contributed by atoms with Crippen LogP contribution in [0.15, 0.2) is 54.1 Å². The van der Waals surface area contributed by atoms with E-state index in [1.165, 1.54) is 17.0 Å². The summed E-state index contributed by atoms with van der Waals surface area (Å²) in [4.78, 5) is 27.4. The fourth-order valence-electron chi connectivity index (χ4n) is 4.05. The first-order chi connectivity index (χ1) is 15.2. The number of halogens is 1. The lowest BCUT2D eigenvalue weighted by Gasteiger charge is -2.29. The Labute approximate surface area is 191 Å². The van der Waals surface area contributed by atoms with Crippen LogP contribution in [0.4, 0.5) is 10.1 Å². The minimum atomic E-state index is -0.535. The van der Waals surface area contributed by atoms with E-state index in [2.05, 4.69) is 5.32 Å². The molecular formula is C25H22FN3O2S. The molecule has 162 valence electrons. The highest BCUT2D eigenvalue weighted by Crippen LogP contribution is 2.27. The van der Waals surface area contributed by atoms with Gasteiger partial charge in [0.15, 0.2) is 5.11 Å². The molecule has 5 nitrogen and oxygen atoms in total. The second-order valence-electron chi connectivity index (χ2n) is 7.94. The fraction of sp³-hybridized carbons (Fsp3) is 0.160. The highest BCUT2D eigenvalue weighted by Gasteiger charge is 2.35. The zero-order valence-corrected chi connectivity index (χ0v) is 19.0. The number of aromatic nitrogens is 1. The van der Waals surface area contributed by atoms with Gasteiger partial charge in [0.05, 0.1) is 5.69 Å². The lowest BCUT2D eigenvalue weighted by atomic mass is 10.1. The molecule has 32 heavy (non-hydrogen) atoms. The Morgan fingerprint density at radius 3 is 2.16 bits per heavy atom. The third kappa shape index (κ3) is 3.87. The van der Waals surface area contributed by atoms with Crippen LogP contribution in [-0.4, -0.2) is 21.5 Å². The van der Waals surface area contributed by atoms with Gasteiger partial charge in [0, 0.05) is 17.1 Å². The molecule has 4 rings (SSSR count). The van der Waals surface area contributed by atoms with Crippen LogP contribution < -0.4 is 10.2 Å². The first-order valence-electron chi connectivity index (χ1n) is 10.1. The molecule has 0 aliphatic carbocycles. The quantitative estimate of drug-likeness (QED) is 0.360. The first kappa shape index (κ1) is 21.6. The van der Waals surface area contributed by atoms with E-state index in [1.54, 1.807) is 18.2 Å². The summed E-state index contributed by atoms with van der Waals surface area (Å²) in [5, 5.41) is 2.68. The zero-order chi connectivity index (χ0) is 23.2. The molecule has 2 heterocycles. The molecule has 0 bridgehead atoms. The van der Waals surface area contributed by atoms with Gasteiger partial charge in [0.2, 0.25) is 0 Å². The molecule has 2 aromatic carbocycles. The number of amides is 2. The van der Waals surface area contributed by atoms with Crippen molar-refractivity contribution in [3.63, 3.8) is 0 Å². The van der Waals surface area contributed by atoms with E-state index in [-0.39, 0.29) is 16.5 Å². The maximum Gasteiger partial charge on any atom is 0.270 e. The summed E-state index contributed by atoms with van der Waals surface area (Å²) in [5.41, 5.74) is 5.82. The van der Waals surface area contributed by atoms with Crippen LogP contribution in [0.3, 0.4) is 0 Å².